The fraction of sp³-hybridized carbons (Fsp3) is 0.333. The van der Waals surface area contributed by atoms with Gasteiger partial charge in [-0.15, -0.1) is 0 Å². The van der Waals surface area contributed by atoms with Crippen molar-refractivity contribution >= 4 is 5.69 Å². The Bertz CT molecular complexity index is 355. The van der Waals surface area contributed by atoms with Gasteiger partial charge in [0.15, 0.2) is 0 Å². The molecule has 1 aromatic heterocycles. The molecule has 2 unspecified atom stereocenters. The fourth-order valence-corrected chi connectivity index (χ4v) is 1.42. The summed E-state index contributed by atoms with van der Waals surface area (Å²) >= 11 is 0. The molecule has 2 atom stereocenters. The maximum Gasteiger partial charge on any atom is 0.0798 e. The molecule has 0 amide bonds. The first-order valence-electron chi connectivity index (χ1n) is 4.15. The van der Waals surface area contributed by atoms with Gasteiger partial charge in [-0.05, 0) is 12.1 Å². The van der Waals surface area contributed by atoms with Crippen LogP contribution in [0.25, 0.3) is 0 Å². The van der Waals surface area contributed by atoms with E-state index in [1.165, 1.54) is 0 Å². The largest absolute Gasteiger partial charge is 0.399 e. The lowest BCUT2D eigenvalue weighted by Crippen LogP contribution is -2.45. The second-order valence-corrected chi connectivity index (χ2v) is 3.14. The predicted molar refractivity (Wildman–Crippen MR) is 48.5 cm³/mol. The van der Waals surface area contributed by atoms with Crippen molar-refractivity contribution < 1.29 is 0 Å². The quantitative estimate of drug-likeness (QED) is 0.648. The van der Waals surface area contributed by atoms with E-state index in [-0.39, 0.29) is 12.0 Å². The molecule has 1 aliphatic heterocycles. The maximum absolute atomic E-state index is 8.74. The van der Waals surface area contributed by atoms with Crippen LogP contribution >= 0.6 is 0 Å². The van der Waals surface area contributed by atoms with E-state index in [0.717, 1.165) is 12.2 Å². The van der Waals surface area contributed by atoms with Gasteiger partial charge in [-0.1, -0.05) is 0 Å². The van der Waals surface area contributed by atoms with E-state index < -0.39 is 0 Å². The van der Waals surface area contributed by atoms with Gasteiger partial charge in [0.05, 0.1) is 23.7 Å². The molecule has 0 spiro atoms. The number of pyridine rings is 1. The van der Waals surface area contributed by atoms with Gasteiger partial charge in [0, 0.05) is 18.4 Å². The van der Waals surface area contributed by atoms with Crippen molar-refractivity contribution in [2.45, 2.75) is 6.04 Å². The second-order valence-electron chi connectivity index (χ2n) is 3.14. The average Bonchev–Trinajstić information content (AvgIpc) is 2.03. The number of nitriles is 1. The van der Waals surface area contributed by atoms with Crippen LogP contribution < -0.4 is 11.1 Å². The zero-order chi connectivity index (χ0) is 9.26. The van der Waals surface area contributed by atoms with E-state index >= 15 is 0 Å². The van der Waals surface area contributed by atoms with Crippen LogP contribution in [-0.4, -0.2) is 11.5 Å². The summed E-state index contributed by atoms with van der Waals surface area (Å²) in [5.74, 6) is 0.0364. The van der Waals surface area contributed by atoms with Crippen molar-refractivity contribution in [1.29, 1.82) is 5.26 Å². The Morgan fingerprint density at radius 3 is 3.08 bits per heavy atom. The molecule has 4 nitrogen and oxygen atoms in total. The van der Waals surface area contributed by atoms with E-state index in [0.29, 0.717) is 5.69 Å². The molecule has 1 fully saturated rings. The minimum Gasteiger partial charge on any atom is -0.399 e. The summed E-state index contributed by atoms with van der Waals surface area (Å²) in [6, 6.07) is 5.84. The molecule has 0 saturated carbocycles. The Labute approximate surface area is 76.4 Å². The summed E-state index contributed by atoms with van der Waals surface area (Å²) in [6.07, 6.45) is 1.67. The standard InChI is InChI=1S/C9H10N4/c10-4-6-5-13-9(6)8-3-7(11)1-2-12-8/h1-3,6,9,13H,5H2,(H2,11,12). The molecule has 0 aromatic carbocycles. The molecule has 1 aliphatic rings. The first kappa shape index (κ1) is 8.02. The lowest BCUT2D eigenvalue weighted by atomic mass is 9.90. The maximum atomic E-state index is 8.74. The monoisotopic (exact) mass is 174 g/mol. The van der Waals surface area contributed by atoms with Crippen molar-refractivity contribution in [1.82, 2.24) is 10.3 Å². The number of hydrogen-bond acceptors (Lipinski definition) is 4. The van der Waals surface area contributed by atoms with Crippen LogP contribution in [0.2, 0.25) is 0 Å². The fourth-order valence-electron chi connectivity index (χ4n) is 1.42. The molecule has 1 aromatic rings. The summed E-state index contributed by atoms with van der Waals surface area (Å²) in [4.78, 5) is 4.17. The highest BCUT2D eigenvalue weighted by molar-refractivity contribution is 5.39. The third-order valence-electron chi connectivity index (χ3n) is 2.25. The predicted octanol–water partition coefficient (Wildman–Crippen LogP) is 0.448. The van der Waals surface area contributed by atoms with Gasteiger partial charge in [-0.2, -0.15) is 5.26 Å². The van der Waals surface area contributed by atoms with Gasteiger partial charge in [0.2, 0.25) is 0 Å². The Balaban J connectivity index is 2.22. The molecule has 0 bridgehead atoms. The van der Waals surface area contributed by atoms with Crippen LogP contribution in [0.15, 0.2) is 18.3 Å². The molecule has 0 radical (unpaired) electrons. The van der Waals surface area contributed by atoms with Crippen molar-refractivity contribution in [2.24, 2.45) is 5.92 Å². The minimum absolute atomic E-state index is 0.0364. The summed E-state index contributed by atoms with van der Waals surface area (Å²) in [7, 11) is 0. The SMILES string of the molecule is N#CC1CNC1c1cc(N)ccn1. The Kier molecular flexibility index (Phi) is 1.87. The smallest absolute Gasteiger partial charge is 0.0798 e. The zero-order valence-corrected chi connectivity index (χ0v) is 7.07. The van der Waals surface area contributed by atoms with Gasteiger partial charge in [0.1, 0.15) is 0 Å². The second kappa shape index (κ2) is 3.04. The molecular formula is C9H10N4. The highest BCUT2D eigenvalue weighted by atomic mass is 15.0. The van der Waals surface area contributed by atoms with Crippen LogP contribution in [0, 0.1) is 17.2 Å². The number of rotatable bonds is 1. The van der Waals surface area contributed by atoms with E-state index in [4.69, 9.17) is 11.0 Å². The Morgan fingerprint density at radius 1 is 1.69 bits per heavy atom. The van der Waals surface area contributed by atoms with Crippen molar-refractivity contribution in [3.8, 4) is 6.07 Å². The minimum atomic E-state index is 0.0364. The molecule has 1 saturated heterocycles. The lowest BCUT2D eigenvalue weighted by Gasteiger charge is -2.32. The third-order valence-corrected chi connectivity index (χ3v) is 2.25. The van der Waals surface area contributed by atoms with Gasteiger partial charge in [-0.25, -0.2) is 0 Å². The molecule has 3 N–H and O–H groups in total. The number of hydrogen-bond donors (Lipinski definition) is 2. The van der Waals surface area contributed by atoms with Gasteiger partial charge in [-0.3, -0.25) is 4.98 Å². The highest BCUT2D eigenvalue weighted by Crippen LogP contribution is 2.27. The van der Waals surface area contributed by atoms with E-state index in [1.807, 2.05) is 0 Å². The van der Waals surface area contributed by atoms with Gasteiger partial charge < -0.3 is 11.1 Å². The van der Waals surface area contributed by atoms with E-state index in [9.17, 15) is 0 Å². The summed E-state index contributed by atoms with van der Waals surface area (Å²) in [5.41, 5.74) is 7.16. The van der Waals surface area contributed by atoms with Crippen LogP contribution in [-0.2, 0) is 0 Å². The zero-order valence-electron chi connectivity index (χ0n) is 7.07. The Hall–Kier alpha value is -1.60. The highest BCUT2D eigenvalue weighted by Gasteiger charge is 2.32. The number of nitrogens with one attached hydrogen (secondary N) is 1. The number of aromatic nitrogens is 1. The van der Waals surface area contributed by atoms with Crippen molar-refractivity contribution in [2.75, 3.05) is 12.3 Å². The summed E-state index contributed by atoms with van der Waals surface area (Å²) in [6.45, 7) is 0.748. The Morgan fingerprint density at radius 2 is 2.54 bits per heavy atom. The number of nitrogens with two attached hydrogens (primary N) is 1. The lowest BCUT2D eigenvalue weighted by molar-refractivity contribution is 0.292. The van der Waals surface area contributed by atoms with Crippen LogP contribution in [0.1, 0.15) is 11.7 Å². The third kappa shape index (κ3) is 1.34. The van der Waals surface area contributed by atoms with Gasteiger partial charge in [0.25, 0.3) is 0 Å². The molecular weight excluding hydrogens is 164 g/mol. The molecule has 13 heavy (non-hydrogen) atoms. The molecule has 2 heterocycles. The normalized spacial score (nSPS) is 26.1. The first-order valence-corrected chi connectivity index (χ1v) is 4.15. The molecule has 66 valence electrons. The number of anilines is 1. The van der Waals surface area contributed by atoms with E-state index in [1.54, 1.807) is 18.3 Å². The molecule has 0 aliphatic carbocycles. The summed E-state index contributed by atoms with van der Waals surface area (Å²) < 4.78 is 0. The van der Waals surface area contributed by atoms with Crippen LogP contribution in [0.5, 0.6) is 0 Å². The van der Waals surface area contributed by atoms with Crippen molar-refractivity contribution in [3.63, 3.8) is 0 Å². The number of nitrogens with zero attached hydrogens (tertiary/aromatic N) is 2. The summed E-state index contributed by atoms with van der Waals surface area (Å²) in [5, 5.41) is 11.9. The topological polar surface area (TPSA) is 74.7 Å². The number of nitrogen functional groups attached to an aromatic ring is 1. The van der Waals surface area contributed by atoms with Gasteiger partial charge >= 0.3 is 0 Å². The van der Waals surface area contributed by atoms with Crippen LogP contribution in [0.3, 0.4) is 0 Å². The molecule has 4 heteroatoms. The van der Waals surface area contributed by atoms with E-state index in [2.05, 4.69) is 16.4 Å². The molecule has 2 rings (SSSR count). The average molecular weight is 174 g/mol. The van der Waals surface area contributed by atoms with Crippen LogP contribution in [0.4, 0.5) is 5.69 Å². The first-order chi connectivity index (χ1) is 6.31. The van der Waals surface area contributed by atoms with Crippen molar-refractivity contribution in [3.05, 3.63) is 24.0 Å².